The van der Waals surface area contributed by atoms with Crippen molar-refractivity contribution in [1.29, 1.82) is 0 Å². The van der Waals surface area contributed by atoms with Crippen molar-refractivity contribution >= 4 is 27.5 Å². The van der Waals surface area contributed by atoms with Gasteiger partial charge in [0.05, 0.1) is 0 Å². The highest BCUT2D eigenvalue weighted by Crippen LogP contribution is 2.26. The van der Waals surface area contributed by atoms with Gasteiger partial charge in [-0.05, 0) is 18.6 Å². The Balaban J connectivity index is 2.54. The number of H-pyrrole nitrogens is 1. The first-order valence-corrected chi connectivity index (χ1v) is 4.87. The summed E-state index contributed by atoms with van der Waals surface area (Å²) in [6.07, 6.45) is 0.996. The van der Waals surface area contributed by atoms with Gasteiger partial charge in [-0.25, -0.2) is 4.79 Å². The van der Waals surface area contributed by atoms with Crippen molar-refractivity contribution in [1.82, 2.24) is 4.98 Å². The van der Waals surface area contributed by atoms with Crippen molar-refractivity contribution in [2.75, 3.05) is 0 Å². The van der Waals surface area contributed by atoms with Crippen molar-refractivity contribution in [3.8, 4) is 0 Å². The number of hydrogen-bond donors (Lipinski definition) is 2. The highest BCUT2D eigenvalue weighted by molar-refractivity contribution is 7.18. The molecule has 0 aliphatic heterocycles. The van der Waals surface area contributed by atoms with E-state index < -0.39 is 5.97 Å². The molecule has 0 aromatic carbocycles. The minimum Gasteiger partial charge on any atom is -0.477 e. The van der Waals surface area contributed by atoms with Gasteiger partial charge in [-0.1, -0.05) is 6.92 Å². The summed E-state index contributed by atoms with van der Waals surface area (Å²) in [6.45, 7) is 2.09. The van der Waals surface area contributed by atoms with Crippen LogP contribution in [-0.4, -0.2) is 16.1 Å². The molecule has 0 radical (unpaired) electrons. The van der Waals surface area contributed by atoms with Gasteiger partial charge in [-0.15, -0.1) is 11.3 Å². The Morgan fingerprint density at radius 3 is 2.92 bits per heavy atom. The molecule has 0 fully saturated rings. The third-order valence-corrected chi connectivity index (χ3v) is 3.15. The van der Waals surface area contributed by atoms with E-state index in [4.69, 9.17) is 5.11 Å². The number of carboxylic acids is 1. The lowest BCUT2D eigenvalue weighted by Gasteiger charge is -1.85. The van der Waals surface area contributed by atoms with Crippen LogP contribution < -0.4 is 0 Å². The Labute approximate surface area is 79.0 Å². The first-order chi connectivity index (χ1) is 6.20. The molecule has 0 amide bonds. The molecule has 0 bridgehead atoms. The molecule has 0 saturated heterocycles. The normalized spacial score (nSPS) is 10.8. The molecule has 0 atom stereocenters. The lowest BCUT2D eigenvalue weighted by Crippen LogP contribution is -1.94. The predicted octanol–water partition coefficient (Wildman–Crippen LogP) is 2.49. The molecule has 0 saturated carbocycles. The fourth-order valence-electron chi connectivity index (χ4n) is 1.27. The summed E-state index contributed by atoms with van der Waals surface area (Å²) in [4.78, 5) is 15.7. The first-order valence-electron chi connectivity index (χ1n) is 4.05. The van der Waals surface area contributed by atoms with E-state index >= 15 is 0 Å². The molecule has 0 spiro atoms. The fourth-order valence-corrected chi connectivity index (χ4v) is 2.26. The summed E-state index contributed by atoms with van der Waals surface area (Å²) in [5.74, 6) is -0.901. The first kappa shape index (κ1) is 8.31. The van der Waals surface area contributed by atoms with E-state index in [0.717, 1.165) is 16.6 Å². The summed E-state index contributed by atoms with van der Waals surface area (Å²) in [7, 11) is 0. The van der Waals surface area contributed by atoms with E-state index in [1.54, 1.807) is 17.4 Å². The topological polar surface area (TPSA) is 53.1 Å². The average molecular weight is 195 g/mol. The number of fused-ring (bicyclic) bond motifs is 1. The minimum absolute atomic E-state index is 0.268. The summed E-state index contributed by atoms with van der Waals surface area (Å²) in [5, 5.41) is 9.70. The van der Waals surface area contributed by atoms with E-state index in [0.29, 0.717) is 0 Å². The zero-order valence-corrected chi connectivity index (χ0v) is 7.94. The van der Waals surface area contributed by atoms with Gasteiger partial charge in [0.25, 0.3) is 0 Å². The molecule has 0 unspecified atom stereocenters. The van der Waals surface area contributed by atoms with E-state index in [1.807, 2.05) is 6.07 Å². The molecule has 2 N–H and O–H groups in total. The van der Waals surface area contributed by atoms with E-state index in [-0.39, 0.29) is 5.69 Å². The standard InChI is InChI=1S/C9H9NO2S/c1-2-6-3-5-4-7(9(11)12)10-8(5)13-6/h3-4,10H,2H2,1H3,(H,11,12). The number of aromatic amines is 1. The third-order valence-electron chi connectivity index (χ3n) is 1.94. The number of hydrogen-bond acceptors (Lipinski definition) is 2. The van der Waals surface area contributed by atoms with Gasteiger partial charge in [0.1, 0.15) is 10.5 Å². The van der Waals surface area contributed by atoms with Gasteiger partial charge in [-0.3, -0.25) is 0 Å². The highest BCUT2D eigenvalue weighted by atomic mass is 32.1. The maximum atomic E-state index is 10.6. The third kappa shape index (κ3) is 1.33. The molecule has 4 heteroatoms. The van der Waals surface area contributed by atoms with Gasteiger partial charge in [0.2, 0.25) is 0 Å². The molecule has 0 aliphatic carbocycles. The molecule has 68 valence electrons. The van der Waals surface area contributed by atoms with Crippen LogP contribution in [0, 0.1) is 0 Å². The molecule has 0 aliphatic rings. The van der Waals surface area contributed by atoms with Gasteiger partial charge in [0.15, 0.2) is 0 Å². The van der Waals surface area contributed by atoms with Crippen LogP contribution in [0.5, 0.6) is 0 Å². The Morgan fingerprint density at radius 1 is 1.62 bits per heavy atom. The second kappa shape index (κ2) is 2.88. The van der Waals surface area contributed by atoms with Crippen LogP contribution in [0.25, 0.3) is 10.2 Å². The minimum atomic E-state index is -0.901. The van der Waals surface area contributed by atoms with Crippen molar-refractivity contribution in [2.24, 2.45) is 0 Å². The quantitative estimate of drug-likeness (QED) is 0.773. The number of aromatic nitrogens is 1. The zero-order valence-electron chi connectivity index (χ0n) is 7.13. The largest absolute Gasteiger partial charge is 0.477 e. The Morgan fingerprint density at radius 2 is 2.38 bits per heavy atom. The monoisotopic (exact) mass is 195 g/mol. The van der Waals surface area contributed by atoms with Crippen LogP contribution in [-0.2, 0) is 6.42 Å². The molecule has 3 nitrogen and oxygen atoms in total. The molecule has 2 aromatic heterocycles. The smallest absolute Gasteiger partial charge is 0.352 e. The van der Waals surface area contributed by atoms with Crippen LogP contribution in [0.15, 0.2) is 12.1 Å². The van der Waals surface area contributed by atoms with Crippen LogP contribution in [0.4, 0.5) is 0 Å². The maximum Gasteiger partial charge on any atom is 0.352 e. The number of aromatic carboxylic acids is 1. The summed E-state index contributed by atoms with van der Waals surface area (Å²) in [5.41, 5.74) is 0.268. The number of rotatable bonds is 2. The van der Waals surface area contributed by atoms with Gasteiger partial charge < -0.3 is 10.1 Å². The lowest BCUT2D eigenvalue weighted by atomic mass is 10.3. The van der Waals surface area contributed by atoms with Gasteiger partial charge >= 0.3 is 5.97 Å². The van der Waals surface area contributed by atoms with Crippen molar-refractivity contribution < 1.29 is 9.90 Å². The Bertz CT molecular complexity index is 424. The fraction of sp³-hybridized carbons (Fsp3) is 0.222. The number of nitrogens with one attached hydrogen (secondary N) is 1. The van der Waals surface area contributed by atoms with Gasteiger partial charge in [0, 0.05) is 10.3 Å². The molecule has 2 rings (SSSR count). The number of aryl methyl sites for hydroxylation is 1. The zero-order chi connectivity index (χ0) is 9.42. The lowest BCUT2D eigenvalue weighted by molar-refractivity contribution is 0.0691. The Hall–Kier alpha value is -1.29. The second-order valence-corrected chi connectivity index (χ2v) is 3.98. The SMILES string of the molecule is CCc1cc2cc(C(=O)O)[nH]c2s1. The molecule has 2 heterocycles. The second-order valence-electron chi connectivity index (χ2n) is 2.84. The number of thiophene rings is 1. The van der Waals surface area contributed by atoms with Gasteiger partial charge in [-0.2, -0.15) is 0 Å². The number of carboxylic acid groups (broad SMARTS) is 1. The van der Waals surface area contributed by atoms with E-state index in [1.165, 1.54) is 4.88 Å². The molecular weight excluding hydrogens is 186 g/mol. The van der Waals surface area contributed by atoms with E-state index in [9.17, 15) is 4.79 Å². The number of carbonyl (C=O) groups is 1. The van der Waals surface area contributed by atoms with Crippen LogP contribution in [0.3, 0.4) is 0 Å². The van der Waals surface area contributed by atoms with Crippen molar-refractivity contribution in [3.63, 3.8) is 0 Å². The van der Waals surface area contributed by atoms with Crippen LogP contribution >= 0.6 is 11.3 Å². The molecule has 2 aromatic rings. The van der Waals surface area contributed by atoms with E-state index in [2.05, 4.69) is 11.9 Å². The Kier molecular flexibility index (Phi) is 1.84. The summed E-state index contributed by atoms with van der Waals surface area (Å²) in [6, 6.07) is 3.70. The van der Waals surface area contributed by atoms with Crippen LogP contribution in [0.1, 0.15) is 22.3 Å². The average Bonchev–Trinajstić information content (AvgIpc) is 2.58. The van der Waals surface area contributed by atoms with Crippen molar-refractivity contribution in [3.05, 3.63) is 22.7 Å². The van der Waals surface area contributed by atoms with Crippen LogP contribution in [0.2, 0.25) is 0 Å². The molecular formula is C9H9NO2S. The highest BCUT2D eigenvalue weighted by Gasteiger charge is 2.09. The summed E-state index contributed by atoms with van der Waals surface area (Å²) >= 11 is 1.62. The predicted molar refractivity (Wildman–Crippen MR) is 52.5 cm³/mol. The summed E-state index contributed by atoms with van der Waals surface area (Å²) < 4.78 is 0. The maximum absolute atomic E-state index is 10.6. The van der Waals surface area contributed by atoms with Crippen molar-refractivity contribution in [2.45, 2.75) is 13.3 Å². The molecule has 13 heavy (non-hydrogen) atoms.